The average Bonchev–Trinajstić information content (AvgIpc) is 3.50. The number of ether oxygens (including phenoxy) is 1. The summed E-state index contributed by atoms with van der Waals surface area (Å²) >= 11 is 0. The zero-order chi connectivity index (χ0) is 23.9. The van der Waals surface area contributed by atoms with E-state index in [0.29, 0.717) is 43.1 Å². The first kappa shape index (κ1) is 23.0. The third-order valence-corrected chi connectivity index (χ3v) is 5.85. The van der Waals surface area contributed by atoms with Crippen LogP contribution in [-0.4, -0.2) is 67.8 Å². The van der Waals surface area contributed by atoms with Crippen LogP contribution in [0, 0.1) is 12.8 Å². The van der Waals surface area contributed by atoms with Gasteiger partial charge in [0.05, 0.1) is 18.4 Å². The molecule has 178 valence electrons. The molecule has 33 heavy (non-hydrogen) atoms. The monoisotopic (exact) mass is 457 g/mol. The Labute approximate surface area is 191 Å². The molecule has 2 amide bonds. The second-order valence-electron chi connectivity index (χ2n) is 9.29. The molecule has 2 fully saturated rings. The molecule has 2 aromatic heterocycles. The van der Waals surface area contributed by atoms with Gasteiger partial charge in [0.15, 0.2) is 5.56 Å². The van der Waals surface area contributed by atoms with Crippen molar-refractivity contribution in [2.45, 2.75) is 59.2 Å². The Bertz CT molecular complexity index is 1170. The number of carbonyl (C=O) groups excluding carboxylic acids is 2. The van der Waals surface area contributed by atoms with Gasteiger partial charge in [0.25, 0.3) is 11.5 Å². The van der Waals surface area contributed by atoms with Crippen LogP contribution in [0.15, 0.2) is 10.9 Å². The summed E-state index contributed by atoms with van der Waals surface area (Å²) in [6, 6.07) is 0.0392. The molecule has 2 aromatic rings. The first-order valence-corrected chi connectivity index (χ1v) is 11.4. The lowest BCUT2D eigenvalue weighted by Crippen LogP contribution is -2.43. The zero-order valence-electron chi connectivity index (χ0n) is 19.5. The first-order valence-electron chi connectivity index (χ1n) is 11.4. The lowest BCUT2D eigenvalue weighted by molar-refractivity contribution is -0.132. The van der Waals surface area contributed by atoms with E-state index in [-0.39, 0.29) is 29.5 Å². The Kier molecular flexibility index (Phi) is 6.29. The number of hydrogen-bond donors (Lipinski definition) is 2. The van der Waals surface area contributed by atoms with Crippen molar-refractivity contribution in [3.05, 3.63) is 33.3 Å². The Morgan fingerprint density at radius 3 is 2.70 bits per heavy atom. The number of aromatic hydroxyl groups is 1. The minimum atomic E-state index is -0.596. The SMILES string of the molecule is Cc1nn2c(O)c(C(=O)NC3CC3)c(=O)n(CC(C)C)c2c1/C=C/C(=O)N1CCO[C@@H](C)C1. The van der Waals surface area contributed by atoms with Crippen LogP contribution in [0.2, 0.25) is 0 Å². The van der Waals surface area contributed by atoms with Gasteiger partial charge in [0.1, 0.15) is 5.65 Å². The van der Waals surface area contributed by atoms with Crippen molar-refractivity contribution < 1.29 is 19.4 Å². The number of aryl methyl sites for hydroxylation is 1. The van der Waals surface area contributed by atoms with E-state index in [1.807, 2.05) is 20.8 Å². The van der Waals surface area contributed by atoms with Gasteiger partial charge < -0.3 is 20.1 Å². The molecule has 1 saturated heterocycles. The van der Waals surface area contributed by atoms with E-state index in [1.165, 1.54) is 15.2 Å². The van der Waals surface area contributed by atoms with E-state index in [2.05, 4.69) is 10.4 Å². The smallest absolute Gasteiger partial charge is 0.270 e. The Hall–Kier alpha value is -3.14. The van der Waals surface area contributed by atoms with E-state index < -0.39 is 17.3 Å². The Morgan fingerprint density at radius 2 is 2.06 bits per heavy atom. The van der Waals surface area contributed by atoms with Crippen molar-refractivity contribution >= 4 is 23.5 Å². The second-order valence-corrected chi connectivity index (χ2v) is 9.29. The topological polar surface area (TPSA) is 118 Å². The number of nitrogens with zero attached hydrogens (tertiary/aromatic N) is 4. The number of carbonyl (C=O) groups is 2. The van der Waals surface area contributed by atoms with Crippen LogP contribution in [0.25, 0.3) is 11.7 Å². The maximum atomic E-state index is 13.4. The van der Waals surface area contributed by atoms with Gasteiger partial charge in [-0.25, -0.2) is 0 Å². The van der Waals surface area contributed by atoms with Gasteiger partial charge in [-0.1, -0.05) is 13.8 Å². The van der Waals surface area contributed by atoms with E-state index in [4.69, 9.17) is 4.74 Å². The summed E-state index contributed by atoms with van der Waals surface area (Å²) in [4.78, 5) is 40.5. The number of rotatable bonds is 6. The molecule has 1 aliphatic heterocycles. The van der Waals surface area contributed by atoms with Crippen molar-refractivity contribution in [3.63, 3.8) is 0 Å². The molecule has 2 N–H and O–H groups in total. The lowest BCUT2D eigenvalue weighted by atomic mass is 10.1. The molecule has 1 aliphatic carbocycles. The van der Waals surface area contributed by atoms with Crippen molar-refractivity contribution in [2.24, 2.45) is 5.92 Å². The molecular weight excluding hydrogens is 426 g/mol. The van der Waals surface area contributed by atoms with Gasteiger partial charge in [-0.3, -0.25) is 19.0 Å². The highest BCUT2D eigenvalue weighted by molar-refractivity contribution is 5.97. The third-order valence-electron chi connectivity index (χ3n) is 5.85. The predicted molar refractivity (Wildman–Crippen MR) is 122 cm³/mol. The van der Waals surface area contributed by atoms with Crippen LogP contribution in [0.4, 0.5) is 0 Å². The van der Waals surface area contributed by atoms with Crippen LogP contribution in [0.5, 0.6) is 5.88 Å². The summed E-state index contributed by atoms with van der Waals surface area (Å²) in [6.45, 7) is 9.42. The summed E-state index contributed by atoms with van der Waals surface area (Å²) in [6.07, 6.45) is 4.78. The number of nitrogens with one attached hydrogen (secondary N) is 1. The van der Waals surface area contributed by atoms with Crippen molar-refractivity contribution in [3.8, 4) is 5.88 Å². The molecule has 10 nitrogen and oxygen atoms in total. The molecule has 0 spiro atoms. The minimum absolute atomic E-state index is 0.0248. The van der Waals surface area contributed by atoms with E-state index in [1.54, 1.807) is 17.9 Å². The number of aromatic nitrogens is 3. The van der Waals surface area contributed by atoms with Crippen LogP contribution in [-0.2, 0) is 16.1 Å². The van der Waals surface area contributed by atoms with Crippen molar-refractivity contribution in [1.82, 2.24) is 24.4 Å². The first-order chi connectivity index (χ1) is 15.7. The lowest BCUT2D eigenvalue weighted by Gasteiger charge is -2.30. The number of hydrogen-bond acceptors (Lipinski definition) is 6. The van der Waals surface area contributed by atoms with Crippen LogP contribution >= 0.6 is 0 Å². The van der Waals surface area contributed by atoms with Gasteiger partial charge in [0, 0.05) is 37.3 Å². The van der Waals surface area contributed by atoms with Gasteiger partial charge in [-0.05, 0) is 38.7 Å². The van der Waals surface area contributed by atoms with E-state index in [0.717, 1.165) is 12.8 Å². The summed E-state index contributed by atoms with van der Waals surface area (Å²) < 4.78 is 8.18. The zero-order valence-corrected chi connectivity index (χ0v) is 19.5. The normalized spacial score (nSPS) is 19.1. The fraction of sp³-hybridized carbons (Fsp3) is 0.565. The highest BCUT2D eigenvalue weighted by atomic mass is 16.5. The van der Waals surface area contributed by atoms with E-state index >= 15 is 0 Å². The molecule has 4 rings (SSSR count). The maximum absolute atomic E-state index is 13.4. The summed E-state index contributed by atoms with van der Waals surface area (Å²) in [5.41, 5.74) is 0.542. The van der Waals surface area contributed by atoms with Gasteiger partial charge in [0.2, 0.25) is 11.8 Å². The van der Waals surface area contributed by atoms with Crippen LogP contribution in [0.1, 0.15) is 55.2 Å². The number of amides is 2. The maximum Gasteiger partial charge on any atom is 0.270 e. The molecule has 0 bridgehead atoms. The molecule has 10 heteroatoms. The van der Waals surface area contributed by atoms with Crippen LogP contribution in [0.3, 0.4) is 0 Å². The Morgan fingerprint density at radius 1 is 1.33 bits per heavy atom. The molecule has 0 aromatic carbocycles. The number of fused-ring (bicyclic) bond motifs is 1. The molecular formula is C23H31N5O5. The molecule has 1 atom stereocenters. The average molecular weight is 458 g/mol. The fourth-order valence-corrected chi connectivity index (χ4v) is 4.06. The second kappa shape index (κ2) is 9.01. The molecule has 3 heterocycles. The standard InChI is InChI=1S/C23H31N5O5/c1-13(2)11-27-21-17(7-8-18(29)26-9-10-33-14(3)12-26)15(4)25-28(21)23(32)19(22(27)31)20(30)24-16-5-6-16/h7-8,13-14,16,32H,5-6,9-12H2,1-4H3,(H,24,30)/b8-7+/t14-/m0/s1. The summed E-state index contributed by atoms with van der Waals surface area (Å²) in [5, 5.41) is 18.0. The Balaban J connectivity index is 1.79. The predicted octanol–water partition coefficient (Wildman–Crippen LogP) is 1.32. The quantitative estimate of drug-likeness (QED) is 0.632. The van der Waals surface area contributed by atoms with Gasteiger partial charge >= 0.3 is 0 Å². The van der Waals surface area contributed by atoms with Gasteiger partial charge in [-0.15, -0.1) is 0 Å². The van der Waals surface area contributed by atoms with Crippen LogP contribution < -0.4 is 10.9 Å². The van der Waals surface area contributed by atoms with Crippen molar-refractivity contribution in [2.75, 3.05) is 19.7 Å². The third kappa shape index (κ3) is 4.66. The molecule has 2 aliphatic rings. The number of morpholine rings is 1. The van der Waals surface area contributed by atoms with Gasteiger partial charge in [-0.2, -0.15) is 9.61 Å². The summed E-state index contributed by atoms with van der Waals surface area (Å²) in [7, 11) is 0. The molecule has 0 radical (unpaired) electrons. The fourth-order valence-electron chi connectivity index (χ4n) is 4.06. The molecule has 1 saturated carbocycles. The largest absolute Gasteiger partial charge is 0.492 e. The van der Waals surface area contributed by atoms with Crippen molar-refractivity contribution in [1.29, 1.82) is 0 Å². The molecule has 0 unspecified atom stereocenters. The minimum Gasteiger partial charge on any atom is -0.492 e. The highest BCUT2D eigenvalue weighted by Gasteiger charge is 2.30. The van der Waals surface area contributed by atoms with E-state index in [9.17, 15) is 19.5 Å². The highest BCUT2D eigenvalue weighted by Crippen LogP contribution is 2.25. The summed E-state index contributed by atoms with van der Waals surface area (Å²) in [5.74, 6) is -1.16.